The first-order chi connectivity index (χ1) is 8.50. The van der Waals surface area contributed by atoms with Gasteiger partial charge in [-0.1, -0.05) is 11.6 Å². The molecule has 0 amide bonds. The molecule has 1 aromatic rings. The van der Waals surface area contributed by atoms with Crippen molar-refractivity contribution in [1.82, 2.24) is 0 Å². The van der Waals surface area contributed by atoms with Gasteiger partial charge in [0.25, 0.3) is 0 Å². The van der Waals surface area contributed by atoms with E-state index in [2.05, 4.69) is 0 Å². The van der Waals surface area contributed by atoms with Crippen LogP contribution in [0.3, 0.4) is 0 Å². The summed E-state index contributed by atoms with van der Waals surface area (Å²) in [5, 5.41) is -0.0809. The van der Waals surface area contributed by atoms with Gasteiger partial charge in [-0.05, 0) is 30.2 Å². The Hall–Kier alpha value is -0.660. The van der Waals surface area contributed by atoms with Gasteiger partial charge >= 0.3 is 12.4 Å². The van der Waals surface area contributed by atoms with E-state index in [9.17, 15) is 26.3 Å². The number of hydrogen-bond donors (Lipinski definition) is 1. The molecule has 1 nitrogen and oxygen atoms in total. The number of halogens is 8. The van der Waals surface area contributed by atoms with Crippen LogP contribution in [0.15, 0.2) is 18.2 Å². The first-order valence-corrected chi connectivity index (χ1v) is 5.57. The maximum Gasteiger partial charge on any atom is 0.416 e. The van der Waals surface area contributed by atoms with E-state index in [4.69, 9.17) is 17.3 Å². The van der Waals surface area contributed by atoms with Gasteiger partial charge in [0, 0.05) is 17.5 Å². The molecule has 1 aromatic carbocycles. The summed E-state index contributed by atoms with van der Waals surface area (Å²) < 4.78 is 73.5. The molecular weight excluding hydrogens is 331 g/mol. The molecule has 0 aromatic heterocycles. The maximum atomic E-state index is 12.5. The molecule has 2 N–H and O–H groups in total. The largest absolute Gasteiger partial charge is 0.416 e. The lowest BCUT2D eigenvalue weighted by Gasteiger charge is -2.17. The van der Waals surface area contributed by atoms with E-state index in [0.717, 1.165) is 12.1 Å². The summed E-state index contributed by atoms with van der Waals surface area (Å²) in [5.41, 5.74) is 4.33. The highest BCUT2D eigenvalue weighted by atomic mass is 35.5. The van der Waals surface area contributed by atoms with Crippen LogP contribution >= 0.6 is 24.0 Å². The van der Waals surface area contributed by atoms with E-state index >= 15 is 0 Å². The Morgan fingerprint density at radius 3 is 2.10 bits per heavy atom. The molecular formula is C11H11Cl2F6N. The van der Waals surface area contributed by atoms with E-state index in [0.29, 0.717) is 6.07 Å². The highest BCUT2D eigenvalue weighted by Crippen LogP contribution is 2.35. The molecule has 0 unspecified atom stereocenters. The van der Waals surface area contributed by atoms with Crippen LogP contribution in [0.5, 0.6) is 0 Å². The summed E-state index contributed by atoms with van der Waals surface area (Å²) in [5.74, 6) is 0. The van der Waals surface area contributed by atoms with Crippen molar-refractivity contribution in [2.24, 2.45) is 5.73 Å². The molecule has 0 aliphatic carbocycles. The van der Waals surface area contributed by atoms with Crippen molar-refractivity contribution in [3.05, 3.63) is 34.3 Å². The minimum absolute atomic E-state index is 0. The summed E-state index contributed by atoms with van der Waals surface area (Å²) in [6.07, 6.45) is -10.7. The van der Waals surface area contributed by atoms with Crippen LogP contribution in [0, 0.1) is 0 Å². The number of hydrogen-bond acceptors (Lipinski definition) is 1. The minimum atomic E-state index is -4.59. The van der Waals surface area contributed by atoms with Crippen molar-refractivity contribution < 1.29 is 26.3 Å². The Morgan fingerprint density at radius 1 is 1.10 bits per heavy atom. The SMILES string of the molecule is Cl.N[C@@H](CCC(F)(F)F)c1cc(C(F)(F)F)ccc1Cl. The topological polar surface area (TPSA) is 26.0 Å². The molecule has 0 saturated heterocycles. The first kappa shape index (κ1) is 19.3. The van der Waals surface area contributed by atoms with Gasteiger partial charge in [-0.3, -0.25) is 0 Å². The Bertz CT molecular complexity index is 444. The normalized spacial score (nSPS) is 13.8. The van der Waals surface area contributed by atoms with Gasteiger partial charge in [0.15, 0.2) is 0 Å². The Morgan fingerprint density at radius 2 is 1.65 bits per heavy atom. The average Bonchev–Trinajstić information content (AvgIpc) is 2.24. The van der Waals surface area contributed by atoms with Gasteiger partial charge in [0.1, 0.15) is 0 Å². The third kappa shape index (κ3) is 5.76. The van der Waals surface area contributed by atoms with Crippen molar-refractivity contribution in [3.8, 4) is 0 Å². The molecule has 0 aliphatic rings. The molecule has 0 saturated carbocycles. The third-order valence-electron chi connectivity index (χ3n) is 2.46. The zero-order valence-corrected chi connectivity index (χ0v) is 11.4. The summed E-state index contributed by atoms with van der Waals surface area (Å²) >= 11 is 5.66. The van der Waals surface area contributed by atoms with E-state index in [-0.39, 0.29) is 23.0 Å². The number of alkyl halides is 6. The predicted octanol–water partition coefficient (Wildman–Crippen LogP) is 5.12. The zero-order valence-electron chi connectivity index (χ0n) is 9.85. The van der Waals surface area contributed by atoms with E-state index in [1.807, 2.05) is 0 Å². The molecule has 0 heterocycles. The van der Waals surface area contributed by atoms with Crippen molar-refractivity contribution in [3.63, 3.8) is 0 Å². The average molecular weight is 342 g/mol. The number of nitrogens with two attached hydrogens (primary N) is 1. The van der Waals surface area contributed by atoms with Gasteiger partial charge < -0.3 is 5.73 Å². The second kappa shape index (κ2) is 6.87. The first-order valence-electron chi connectivity index (χ1n) is 5.19. The minimum Gasteiger partial charge on any atom is -0.324 e. The molecule has 0 spiro atoms. The molecule has 0 radical (unpaired) electrons. The van der Waals surface area contributed by atoms with Crippen LogP contribution < -0.4 is 5.73 Å². The van der Waals surface area contributed by atoms with Crippen molar-refractivity contribution >= 4 is 24.0 Å². The van der Waals surface area contributed by atoms with Crippen LogP contribution in [-0.2, 0) is 6.18 Å². The Labute approximate surface area is 122 Å². The molecule has 0 bridgehead atoms. The van der Waals surface area contributed by atoms with Gasteiger partial charge in [0.2, 0.25) is 0 Å². The lowest BCUT2D eigenvalue weighted by atomic mass is 10.00. The van der Waals surface area contributed by atoms with Crippen LogP contribution in [0.25, 0.3) is 0 Å². The van der Waals surface area contributed by atoms with E-state index < -0.39 is 36.8 Å². The number of rotatable bonds is 3. The zero-order chi connectivity index (χ0) is 14.8. The monoisotopic (exact) mass is 341 g/mol. The lowest BCUT2D eigenvalue weighted by Crippen LogP contribution is -2.17. The standard InChI is InChI=1S/C11H10ClF6N.ClH/c12-8-2-1-6(11(16,17)18)5-7(8)9(19)3-4-10(13,14)15;/h1-2,5,9H,3-4,19H2;1H/t9-;/m0./s1. The fourth-order valence-electron chi connectivity index (χ4n) is 1.48. The molecule has 20 heavy (non-hydrogen) atoms. The highest BCUT2D eigenvalue weighted by molar-refractivity contribution is 6.31. The van der Waals surface area contributed by atoms with Crippen molar-refractivity contribution in [1.29, 1.82) is 0 Å². The summed E-state index contributed by atoms with van der Waals surface area (Å²) in [4.78, 5) is 0. The third-order valence-corrected chi connectivity index (χ3v) is 2.81. The molecule has 0 fully saturated rings. The predicted molar refractivity (Wildman–Crippen MR) is 65.9 cm³/mol. The van der Waals surface area contributed by atoms with Crippen molar-refractivity contribution in [2.45, 2.75) is 31.2 Å². The quantitative estimate of drug-likeness (QED) is 0.758. The van der Waals surface area contributed by atoms with Crippen LogP contribution in [-0.4, -0.2) is 6.18 Å². The van der Waals surface area contributed by atoms with Gasteiger partial charge in [-0.25, -0.2) is 0 Å². The second-order valence-electron chi connectivity index (χ2n) is 3.99. The lowest BCUT2D eigenvalue weighted by molar-refractivity contribution is -0.138. The van der Waals surface area contributed by atoms with Gasteiger partial charge in [-0.15, -0.1) is 12.4 Å². The van der Waals surface area contributed by atoms with E-state index in [1.54, 1.807) is 0 Å². The van der Waals surface area contributed by atoms with E-state index in [1.165, 1.54) is 0 Å². The smallest absolute Gasteiger partial charge is 0.324 e. The van der Waals surface area contributed by atoms with Crippen LogP contribution in [0.4, 0.5) is 26.3 Å². The Balaban J connectivity index is 0.00000361. The molecule has 9 heteroatoms. The fourth-order valence-corrected chi connectivity index (χ4v) is 1.74. The molecule has 1 rings (SSSR count). The molecule has 0 aliphatic heterocycles. The molecule has 116 valence electrons. The number of benzene rings is 1. The van der Waals surface area contributed by atoms with Crippen molar-refractivity contribution in [2.75, 3.05) is 0 Å². The summed E-state index contributed by atoms with van der Waals surface area (Å²) in [6, 6.07) is 1.22. The highest BCUT2D eigenvalue weighted by Gasteiger charge is 2.32. The Kier molecular flexibility index (Phi) is 6.64. The summed E-state index contributed by atoms with van der Waals surface area (Å²) in [7, 11) is 0. The maximum absolute atomic E-state index is 12.5. The summed E-state index contributed by atoms with van der Waals surface area (Å²) in [6.45, 7) is 0. The second-order valence-corrected chi connectivity index (χ2v) is 4.40. The van der Waals surface area contributed by atoms with Crippen LogP contribution in [0.2, 0.25) is 5.02 Å². The van der Waals surface area contributed by atoms with Gasteiger partial charge in [0.05, 0.1) is 5.56 Å². The fraction of sp³-hybridized carbons (Fsp3) is 0.455. The molecule has 1 atom stereocenters. The van der Waals surface area contributed by atoms with Gasteiger partial charge in [-0.2, -0.15) is 26.3 Å². The van der Waals surface area contributed by atoms with Crippen LogP contribution in [0.1, 0.15) is 30.0 Å².